The number of ether oxygens (including phenoxy) is 1. The topological polar surface area (TPSA) is 67.6 Å². The highest BCUT2D eigenvalue weighted by atomic mass is 127. The van der Waals surface area contributed by atoms with Gasteiger partial charge in [-0.2, -0.15) is 5.10 Å². The predicted octanol–water partition coefficient (Wildman–Crippen LogP) is 1.99. The van der Waals surface area contributed by atoms with Gasteiger partial charge in [-0.15, -0.1) is 24.0 Å². The molecular formula is C18H27IN6O. The third-order valence-corrected chi connectivity index (χ3v) is 4.38. The lowest BCUT2D eigenvalue weighted by molar-refractivity contribution is 0.181. The first-order valence-corrected chi connectivity index (χ1v) is 8.64. The molecule has 1 aliphatic rings. The Balaban J connectivity index is 0.00000243. The van der Waals surface area contributed by atoms with Gasteiger partial charge in [-0.25, -0.2) is 9.67 Å². The molecule has 8 heteroatoms. The number of nitrogens with zero attached hydrogens (tertiary/aromatic N) is 5. The minimum absolute atomic E-state index is 0. The molecule has 1 fully saturated rings. The molecule has 0 spiro atoms. The third-order valence-electron chi connectivity index (χ3n) is 4.38. The van der Waals surface area contributed by atoms with Crippen LogP contribution in [-0.2, 0) is 17.8 Å². The van der Waals surface area contributed by atoms with Crippen molar-refractivity contribution in [3.05, 3.63) is 48.0 Å². The van der Waals surface area contributed by atoms with Crippen LogP contribution < -0.4 is 5.32 Å². The molecule has 2 aromatic rings. The molecule has 0 aliphatic carbocycles. The lowest BCUT2D eigenvalue weighted by Gasteiger charge is -2.24. The Labute approximate surface area is 171 Å². The summed E-state index contributed by atoms with van der Waals surface area (Å²) >= 11 is 0. The standard InChI is InChI=1S/C18H26N6O.HI/c1-19-18(23(2)10-17-6-7-25-12-17)21-9-15-4-3-5-16(8-15)11-24-14-20-13-22-24;/h3-5,8,13-14,17H,6-7,9-12H2,1-2H3,(H,19,21);1H. The summed E-state index contributed by atoms with van der Waals surface area (Å²) < 4.78 is 7.28. The summed E-state index contributed by atoms with van der Waals surface area (Å²) in [6.45, 7) is 4.16. The first-order chi connectivity index (χ1) is 12.2. The maximum Gasteiger partial charge on any atom is 0.193 e. The molecule has 142 valence electrons. The molecule has 1 N–H and O–H groups in total. The minimum atomic E-state index is 0. The number of aliphatic imine (C=N–C) groups is 1. The first-order valence-electron chi connectivity index (χ1n) is 8.64. The molecule has 0 radical (unpaired) electrons. The van der Waals surface area contributed by atoms with Crippen molar-refractivity contribution in [3.63, 3.8) is 0 Å². The van der Waals surface area contributed by atoms with Crippen molar-refractivity contribution in [2.24, 2.45) is 10.9 Å². The van der Waals surface area contributed by atoms with Crippen LogP contribution in [-0.4, -0.2) is 59.5 Å². The van der Waals surface area contributed by atoms with E-state index in [1.807, 2.05) is 11.7 Å². The van der Waals surface area contributed by atoms with Gasteiger partial charge in [0.25, 0.3) is 0 Å². The average Bonchev–Trinajstić information content (AvgIpc) is 3.30. The molecule has 1 aromatic carbocycles. The number of benzene rings is 1. The van der Waals surface area contributed by atoms with Crippen LogP contribution in [0.15, 0.2) is 41.9 Å². The van der Waals surface area contributed by atoms with E-state index in [-0.39, 0.29) is 24.0 Å². The Morgan fingerprint density at radius 3 is 2.96 bits per heavy atom. The largest absolute Gasteiger partial charge is 0.381 e. The zero-order valence-electron chi connectivity index (χ0n) is 15.3. The van der Waals surface area contributed by atoms with Crippen molar-refractivity contribution in [1.29, 1.82) is 0 Å². The van der Waals surface area contributed by atoms with E-state index in [9.17, 15) is 0 Å². The van der Waals surface area contributed by atoms with Crippen LogP contribution in [0.25, 0.3) is 0 Å². The van der Waals surface area contributed by atoms with Crippen molar-refractivity contribution in [3.8, 4) is 0 Å². The summed E-state index contributed by atoms with van der Waals surface area (Å²) in [6, 6.07) is 8.49. The molecule has 3 rings (SSSR count). The second kappa shape index (κ2) is 10.5. The van der Waals surface area contributed by atoms with E-state index >= 15 is 0 Å². The molecular weight excluding hydrogens is 443 g/mol. The van der Waals surface area contributed by atoms with E-state index in [1.54, 1.807) is 12.7 Å². The highest BCUT2D eigenvalue weighted by Gasteiger charge is 2.18. The van der Waals surface area contributed by atoms with Crippen molar-refractivity contribution in [1.82, 2.24) is 25.0 Å². The van der Waals surface area contributed by atoms with E-state index in [1.165, 1.54) is 11.1 Å². The van der Waals surface area contributed by atoms with Crippen LogP contribution in [0, 0.1) is 5.92 Å². The Morgan fingerprint density at radius 1 is 1.42 bits per heavy atom. The summed E-state index contributed by atoms with van der Waals surface area (Å²) in [6.07, 6.45) is 4.42. The maximum absolute atomic E-state index is 5.46. The lowest BCUT2D eigenvalue weighted by Crippen LogP contribution is -2.41. The van der Waals surface area contributed by atoms with Gasteiger partial charge in [0.15, 0.2) is 5.96 Å². The molecule has 1 aliphatic heterocycles. The summed E-state index contributed by atoms with van der Waals surface area (Å²) in [5.74, 6) is 1.50. The molecule has 2 heterocycles. The van der Waals surface area contributed by atoms with Gasteiger partial charge in [0.1, 0.15) is 12.7 Å². The van der Waals surface area contributed by atoms with Crippen LogP contribution in [0.5, 0.6) is 0 Å². The van der Waals surface area contributed by atoms with Gasteiger partial charge >= 0.3 is 0 Å². The molecule has 1 unspecified atom stereocenters. The number of aromatic nitrogens is 3. The van der Waals surface area contributed by atoms with Crippen molar-refractivity contribution in [2.45, 2.75) is 19.5 Å². The number of guanidine groups is 1. The summed E-state index contributed by atoms with van der Waals surface area (Å²) in [5.41, 5.74) is 2.42. The van der Waals surface area contributed by atoms with Gasteiger partial charge in [0, 0.05) is 39.7 Å². The fraction of sp³-hybridized carbons (Fsp3) is 0.500. The zero-order chi connectivity index (χ0) is 17.5. The Kier molecular flexibility index (Phi) is 8.30. The van der Waals surface area contributed by atoms with Gasteiger partial charge in [-0.1, -0.05) is 24.3 Å². The summed E-state index contributed by atoms with van der Waals surface area (Å²) in [7, 11) is 3.90. The van der Waals surface area contributed by atoms with E-state index < -0.39 is 0 Å². The van der Waals surface area contributed by atoms with Gasteiger partial charge in [0.2, 0.25) is 0 Å². The number of hydrogen-bond acceptors (Lipinski definition) is 4. The number of rotatable bonds is 6. The molecule has 7 nitrogen and oxygen atoms in total. The third kappa shape index (κ3) is 5.94. The Hall–Kier alpha value is -1.68. The van der Waals surface area contributed by atoms with Gasteiger partial charge in [-0.3, -0.25) is 4.99 Å². The van der Waals surface area contributed by atoms with Crippen molar-refractivity contribution >= 4 is 29.9 Å². The summed E-state index contributed by atoms with van der Waals surface area (Å²) in [5, 5.41) is 7.60. The van der Waals surface area contributed by atoms with E-state index in [4.69, 9.17) is 4.74 Å². The van der Waals surface area contributed by atoms with Crippen LogP contribution >= 0.6 is 24.0 Å². The molecule has 26 heavy (non-hydrogen) atoms. The quantitative estimate of drug-likeness (QED) is 0.398. The first kappa shape index (κ1) is 20.6. The van der Waals surface area contributed by atoms with E-state index in [0.717, 1.165) is 45.2 Å². The van der Waals surface area contributed by atoms with E-state index in [0.29, 0.717) is 5.92 Å². The molecule has 0 amide bonds. The number of hydrogen-bond donors (Lipinski definition) is 1. The second-order valence-corrected chi connectivity index (χ2v) is 6.42. The minimum Gasteiger partial charge on any atom is -0.381 e. The normalized spacial score (nSPS) is 17.0. The SMILES string of the molecule is CN=C(NCc1cccc(Cn2cncn2)c1)N(C)CC1CCOC1.I. The van der Waals surface area contributed by atoms with Gasteiger partial charge in [0.05, 0.1) is 13.2 Å². The summed E-state index contributed by atoms with van der Waals surface area (Å²) in [4.78, 5) is 10.6. The van der Waals surface area contributed by atoms with Crippen LogP contribution in [0.4, 0.5) is 0 Å². The van der Waals surface area contributed by atoms with Crippen molar-refractivity contribution in [2.75, 3.05) is 33.9 Å². The predicted molar refractivity (Wildman–Crippen MR) is 113 cm³/mol. The molecule has 1 saturated heterocycles. The smallest absolute Gasteiger partial charge is 0.193 e. The molecule has 1 aromatic heterocycles. The molecule has 0 saturated carbocycles. The lowest BCUT2D eigenvalue weighted by atomic mass is 10.1. The van der Waals surface area contributed by atoms with Crippen LogP contribution in [0.3, 0.4) is 0 Å². The highest BCUT2D eigenvalue weighted by Crippen LogP contribution is 2.13. The van der Waals surface area contributed by atoms with Gasteiger partial charge < -0.3 is 15.0 Å². The Morgan fingerprint density at radius 2 is 2.27 bits per heavy atom. The van der Waals surface area contributed by atoms with Crippen LogP contribution in [0.2, 0.25) is 0 Å². The fourth-order valence-corrected chi connectivity index (χ4v) is 3.11. The molecule has 0 bridgehead atoms. The maximum atomic E-state index is 5.46. The van der Waals surface area contributed by atoms with Gasteiger partial charge in [-0.05, 0) is 17.5 Å². The Bertz CT molecular complexity index is 685. The van der Waals surface area contributed by atoms with Crippen molar-refractivity contribution < 1.29 is 4.74 Å². The monoisotopic (exact) mass is 470 g/mol. The fourth-order valence-electron chi connectivity index (χ4n) is 3.11. The zero-order valence-corrected chi connectivity index (χ0v) is 17.7. The average molecular weight is 470 g/mol. The highest BCUT2D eigenvalue weighted by molar-refractivity contribution is 14.0. The van der Waals surface area contributed by atoms with E-state index in [2.05, 4.69) is 56.6 Å². The van der Waals surface area contributed by atoms with Crippen LogP contribution in [0.1, 0.15) is 17.5 Å². The number of nitrogens with one attached hydrogen (secondary N) is 1. The second-order valence-electron chi connectivity index (χ2n) is 6.42. The molecule has 1 atom stereocenters. The number of halogens is 1.